The molecule has 0 spiro atoms. The van der Waals surface area contributed by atoms with Gasteiger partial charge in [0.15, 0.2) is 9.84 Å². The lowest BCUT2D eigenvalue weighted by Crippen LogP contribution is -2.24. The Morgan fingerprint density at radius 3 is 2.52 bits per heavy atom. The Hall–Kier alpha value is -3.17. The van der Waals surface area contributed by atoms with Crippen LogP contribution in [0.4, 0.5) is 5.69 Å². The number of aromatic hydroxyl groups is 1. The highest BCUT2D eigenvalue weighted by atomic mass is 35.5. The molecule has 1 amide bonds. The Kier molecular flexibility index (Phi) is 5.71. The van der Waals surface area contributed by atoms with E-state index in [0.29, 0.717) is 10.6 Å². The summed E-state index contributed by atoms with van der Waals surface area (Å²) in [5.74, 6) is -1.07. The summed E-state index contributed by atoms with van der Waals surface area (Å²) in [7, 11) is -3.54. The molecule has 0 radical (unpaired) electrons. The maximum Gasteiger partial charge on any atom is 0.264 e. The maximum absolute atomic E-state index is 12.5. The van der Waals surface area contributed by atoms with Gasteiger partial charge in [0.1, 0.15) is 17.1 Å². The quantitative estimate of drug-likeness (QED) is 0.530. The van der Waals surface area contributed by atoms with Gasteiger partial charge in [-0.25, -0.2) is 13.4 Å². The van der Waals surface area contributed by atoms with Crippen LogP contribution in [0.3, 0.4) is 0 Å². The number of benzene rings is 2. The monoisotopic (exact) mass is 433 g/mol. The van der Waals surface area contributed by atoms with Crippen LogP contribution in [-0.4, -0.2) is 35.2 Å². The molecule has 0 bridgehead atoms. The molecular weight excluding hydrogens is 418 g/mol. The number of H-pyrrole nitrogens is 1. The van der Waals surface area contributed by atoms with Gasteiger partial charge in [-0.2, -0.15) is 0 Å². The Morgan fingerprint density at radius 2 is 1.90 bits per heavy atom. The SMILES string of the molecule is CCS(=O)(=O)c1ccc(O)c(NC(=O)c2cnc(-c3ccc(Cl)cc3)[nH]c2=O)c1. The number of carbonyl (C=O) groups is 1. The van der Waals surface area contributed by atoms with Gasteiger partial charge in [0, 0.05) is 16.8 Å². The summed E-state index contributed by atoms with van der Waals surface area (Å²) in [6, 6.07) is 10.1. The van der Waals surface area contributed by atoms with Crippen LogP contribution in [0.5, 0.6) is 5.75 Å². The van der Waals surface area contributed by atoms with Crippen LogP contribution in [-0.2, 0) is 9.84 Å². The molecule has 29 heavy (non-hydrogen) atoms. The molecular formula is C19H16ClN3O5S. The number of amides is 1. The zero-order valence-electron chi connectivity index (χ0n) is 15.1. The summed E-state index contributed by atoms with van der Waals surface area (Å²) in [5.41, 5.74) is -0.524. The summed E-state index contributed by atoms with van der Waals surface area (Å²) in [4.78, 5) is 31.3. The summed E-state index contributed by atoms with van der Waals surface area (Å²) in [6.45, 7) is 1.48. The lowest BCUT2D eigenvalue weighted by Gasteiger charge is -2.10. The second-order valence-electron chi connectivity index (χ2n) is 6.02. The van der Waals surface area contributed by atoms with E-state index >= 15 is 0 Å². The fourth-order valence-corrected chi connectivity index (χ4v) is 3.51. The van der Waals surface area contributed by atoms with Crippen molar-refractivity contribution in [1.29, 1.82) is 0 Å². The van der Waals surface area contributed by atoms with Crippen molar-refractivity contribution in [3.8, 4) is 17.1 Å². The normalized spacial score (nSPS) is 11.2. The van der Waals surface area contributed by atoms with Gasteiger partial charge < -0.3 is 15.4 Å². The third kappa shape index (κ3) is 4.47. The van der Waals surface area contributed by atoms with Gasteiger partial charge in [0.25, 0.3) is 11.5 Å². The number of aromatic nitrogens is 2. The van der Waals surface area contributed by atoms with Crippen molar-refractivity contribution in [1.82, 2.24) is 9.97 Å². The first-order chi connectivity index (χ1) is 13.7. The molecule has 3 aromatic rings. The van der Waals surface area contributed by atoms with E-state index in [4.69, 9.17) is 11.6 Å². The number of anilines is 1. The number of rotatable bonds is 5. The Labute approximate surface area is 171 Å². The molecule has 0 atom stereocenters. The van der Waals surface area contributed by atoms with Gasteiger partial charge in [0.2, 0.25) is 0 Å². The Morgan fingerprint density at radius 1 is 1.21 bits per heavy atom. The van der Waals surface area contributed by atoms with Crippen molar-refractivity contribution < 1.29 is 18.3 Å². The molecule has 2 aromatic carbocycles. The molecule has 0 aliphatic rings. The average Bonchev–Trinajstić information content (AvgIpc) is 2.69. The van der Waals surface area contributed by atoms with E-state index in [1.165, 1.54) is 13.0 Å². The van der Waals surface area contributed by atoms with Crippen molar-refractivity contribution in [3.63, 3.8) is 0 Å². The third-order valence-electron chi connectivity index (χ3n) is 4.12. The summed E-state index contributed by atoms with van der Waals surface area (Å²) >= 11 is 5.83. The molecule has 0 aliphatic heterocycles. The third-order valence-corrected chi connectivity index (χ3v) is 6.10. The number of sulfone groups is 1. The van der Waals surface area contributed by atoms with Crippen molar-refractivity contribution >= 4 is 33.0 Å². The Bertz CT molecular complexity index is 1240. The molecule has 0 aliphatic carbocycles. The highest BCUT2D eigenvalue weighted by Crippen LogP contribution is 2.27. The fraction of sp³-hybridized carbons (Fsp3) is 0.105. The van der Waals surface area contributed by atoms with Crippen LogP contribution in [0.1, 0.15) is 17.3 Å². The molecule has 0 fully saturated rings. The number of hydrogen-bond donors (Lipinski definition) is 3. The zero-order valence-corrected chi connectivity index (χ0v) is 16.7. The van der Waals surface area contributed by atoms with E-state index in [9.17, 15) is 23.1 Å². The van der Waals surface area contributed by atoms with Gasteiger partial charge in [-0.15, -0.1) is 0 Å². The number of aromatic amines is 1. The number of phenols is 1. The van der Waals surface area contributed by atoms with Gasteiger partial charge in [-0.05, 0) is 42.5 Å². The molecule has 3 N–H and O–H groups in total. The van der Waals surface area contributed by atoms with Crippen LogP contribution in [0.25, 0.3) is 11.4 Å². The van der Waals surface area contributed by atoms with Crippen LogP contribution < -0.4 is 10.9 Å². The van der Waals surface area contributed by atoms with Gasteiger partial charge in [0.05, 0.1) is 16.3 Å². The van der Waals surface area contributed by atoms with Crippen molar-refractivity contribution in [2.24, 2.45) is 0 Å². The van der Waals surface area contributed by atoms with E-state index in [1.54, 1.807) is 24.3 Å². The van der Waals surface area contributed by atoms with Gasteiger partial charge in [-0.1, -0.05) is 18.5 Å². The molecule has 0 saturated carbocycles. The molecule has 0 unspecified atom stereocenters. The molecule has 0 saturated heterocycles. The number of carbonyl (C=O) groups excluding carboxylic acids is 1. The number of hydrogen-bond acceptors (Lipinski definition) is 6. The van der Waals surface area contributed by atoms with Crippen molar-refractivity contribution in [3.05, 3.63) is 69.6 Å². The molecule has 1 aromatic heterocycles. The minimum absolute atomic E-state index is 0.0572. The number of nitrogens with zero attached hydrogens (tertiary/aromatic N) is 1. The fourth-order valence-electron chi connectivity index (χ4n) is 2.48. The second-order valence-corrected chi connectivity index (χ2v) is 8.73. The number of nitrogens with one attached hydrogen (secondary N) is 2. The summed E-state index contributed by atoms with van der Waals surface area (Å²) < 4.78 is 24.0. The highest BCUT2D eigenvalue weighted by molar-refractivity contribution is 7.91. The molecule has 10 heteroatoms. The first-order valence-electron chi connectivity index (χ1n) is 8.43. The number of halogens is 1. The van der Waals surface area contributed by atoms with E-state index in [2.05, 4.69) is 15.3 Å². The van der Waals surface area contributed by atoms with Crippen molar-refractivity contribution in [2.45, 2.75) is 11.8 Å². The van der Waals surface area contributed by atoms with E-state index in [-0.39, 0.29) is 33.5 Å². The van der Waals surface area contributed by atoms with Crippen LogP contribution in [0.15, 0.2) is 58.4 Å². The lowest BCUT2D eigenvalue weighted by atomic mass is 10.2. The highest BCUT2D eigenvalue weighted by Gasteiger charge is 2.18. The molecule has 150 valence electrons. The number of phenolic OH excluding ortho intramolecular Hbond substituents is 1. The molecule has 3 rings (SSSR count). The van der Waals surface area contributed by atoms with Gasteiger partial charge >= 0.3 is 0 Å². The topological polar surface area (TPSA) is 129 Å². The van der Waals surface area contributed by atoms with Gasteiger partial charge in [-0.3, -0.25) is 9.59 Å². The maximum atomic E-state index is 12.5. The largest absolute Gasteiger partial charge is 0.506 e. The minimum atomic E-state index is -3.54. The zero-order chi connectivity index (χ0) is 21.2. The van der Waals surface area contributed by atoms with Crippen molar-refractivity contribution in [2.75, 3.05) is 11.1 Å². The average molecular weight is 434 g/mol. The second kappa shape index (κ2) is 8.06. The predicted molar refractivity (Wildman–Crippen MR) is 109 cm³/mol. The minimum Gasteiger partial charge on any atom is -0.506 e. The lowest BCUT2D eigenvalue weighted by molar-refractivity contribution is 0.102. The van der Waals surface area contributed by atoms with Crippen LogP contribution in [0.2, 0.25) is 5.02 Å². The first-order valence-corrected chi connectivity index (χ1v) is 10.5. The van der Waals surface area contributed by atoms with E-state index in [1.807, 2.05) is 0 Å². The standard InChI is InChI=1S/C19H16ClN3O5S/c1-2-29(27,28)13-7-8-16(24)15(9-13)22-18(25)14-10-21-17(23-19(14)26)11-3-5-12(20)6-4-11/h3-10,24H,2H2,1H3,(H,22,25)(H,21,23,26). The molecule has 8 nitrogen and oxygen atoms in total. The smallest absolute Gasteiger partial charge is 0.264 e. The van der Waals surface area contributed by atoms with E-state index < -0.39 is 21.3 Å². The summed E-state index contributed by atoms with van der Waals surface area (Å²) in [6.07, 6.45) is 1.10. The Balaban J connectivity index is 1.89. The molecule has 1 heterocycles. The van der Waals surface area contributed by atoms with Crippen LogP contribution >= 0.6 is 11.6 Å². The first kappa shape index (κ1) is 20.6. The van der Waals surface area contributed by atoms with Crippen LogP contribution in [0, 0.1) is 0 Å². The van der Waals surface area contributed by atoms with E-state index in [0.717, 1.165) is 18.3 Å². The summed E-state index contributed by atoms with van der Waals surface area (Å²) in [5, 5.41) is 12.8. The predicted octanol–water partition coefficient (Wildman–Crippen LogP) is 2.84.